The van der Waals surface area contributed by atoms with Crippen molar-refractivity contribution in [2.24, 2.45) is 0 Å². The molecule has 0 saturated carbocycles. The molecule has 2 heterocycles. The minimum Gasteiger partial charge on any atom is -0.468 e. The summed E-state index contributed by atoms with van der Waals surface area (Å²) in [7, 11) is 1.39. The van der Waals surface area contributed by atoms with Gasteiger partial charge in [0.1, 0.15) is 0 Å². The van der Waals surface area contributed by atoms with Gasteiger partial charge in [-0.25, -0.2) is 0 Å². The molecule has 0 amide bonds. The predicted octanol–water partition coefficient (Wildman–Crippen LogP) is 2.54. The first-order chi connectivity index (χ1) is 10.1. The number of methoxy groups -OCH3 is 1. The third kappa shape index (κ3) is 4.81. The topological polar surface area (TPSA) is 51.7 Å². The van der Waals surface area contributed by atoms with Crippen LogP contribution in [0.3, 0.4) is 0 Å². The largest absolute Gasteiger partial charge is 0.468 e. The van der Waals surface area contributed by atoms with Gasteiger partial charge in [0.15, 0.2) is 0 Å². The molecule has 2 rings (SSSR count). The molecule has 0 spiro atoms. The van der Waals surface area contributed by atoms with Crippen LogP contribution in [-0.2, 0) is 20.8 Å². The number of hydrogen-bond donors (Lipinski definition) is 0. The number of nitrogens with zero attached hydrogens (tertiary/aromatic N) is 2. The van der Waals surface area contributed by atoms with Gasteiger partial charge in [0.25, 0.3) is 0 Å². The lowest BCUT2D eigenvalue weighted by Gasteiger charge is -2.33. The Balaban J connectivity index is 2.11. The Morgan fingerprint density at radius 3 is 2.81 bits per heavy atom. The van der Waals surface area contributed by atoms with E-state index in [9.17, 15) is 4.79 Å². The number of aromatic nitrogens is 1. The van der Waals surface area contributed by atoms with E-state index in [1.165, 1.54) is 7.11 Å². The van der Waals surface area contributed by atoms with Crippen molar-refractivity contribution >= 4 is 29.2 Å². The number of halogens is 2. The van der Waals surface area contributed by atoms with Gasteiger partial charge < -0.3 is 9.47 Å². The van der Waals surface area contributed by atoms with E-state index in [0.717, 1.165) is 12.8 Å². The first-order valence-electron chi connectivity index (χ1n) is 6.78. The summed E-state index contributed by atoms with van der Waals surface area (Å²) in [5, 5.41) is 0.999. The second kappa shape index (κ2) is 7.94. The fourth-order valence-electron chi connectivity index (χ4n) is 2.35. The lowest BCUT2D eigenvalue weighted by Crippen LogP contribution is -2.42. The van der Waals surface area contributed by atoms with Crippen LogP contribution in [0, 0.1) is 0 Å². The number of hydrogen-bond acceptors (Lipinski definition) is 5. The van der Waals surface area contributed by atoms with Crippen LogP contribution in [0.2, 0.25) is 10.0 Å². The van der Waals surface area contributed by atoms with E-state index in [1.54, 1.807) is 12.3 Å². The molecule has 5 nitrogen and oxygen atoms in total. The first kappa shape index (κ1) is 16.5. The average Bonchev–Trinajstić information content (AvgIpc) is 2.49. The predicted molar refractivity (Wildman–Crippen MR) is 80.5 cm³/mol. The van der Waals surface area contributed by atoms with E-state index in [1.807, 2.05) is 4.90 Å². The van der Waals surface area contributed by atoms with E-state index in [2.05, 4.69) is 4.98 Å². The number of pyridine rings is 1. The van der Waals surface area contributed by atoms with Gasteiger partial charge in [-0.3, -0.25) is 14.7 Å². The van der Waals surface area contributed by atoms with Gasteiger partial charge in [-0.1, -0.05) is 23.2 Å². The van der Waals surface area contributed by atoms with Gasteiger partial charge in [-0.05, 0) is 18.9 Å². The molecule has 21 heavy (non-hydrogen) atoms. The van der Waals surface area contributed by atoms with Gasteiger partial charge in [0.05, 0.1) is 29.4 Å². The molecule has 1 aromatic heterocycles. The SMILES string of the molecule is COC(=O)CN(Cc1ncc(Cl)cc1Cl)C1CCOCC1. The molecule has 1 saturated heterocycles. The fraction of sp³-hybridized carbons (Fsp3) is 0.571. The Hall–Kier alpha value is -0.880. The number of rotatable bonds is 5. The Labute approximate surface area is 134 Å². The van der Waals surface area contributed by atoms with Crippen molar-refractivity contribution < 1.29 is 14.3 Å². The van der Waals surface area contributed by atoms with Crippen LogP contribution in [0.4, 0.5) is 0 Å². The molecular weight excluding hydrogens is 315 g/mol. The highest BCUT2D eigenvalue weighted by atomic mass is 35.5. The Kier molecular flexibility index (Phi) is 6.23. The molecule has 0 N–H and O–H groups in total. The van der Waals surface area contributed by atoms with Crippen molar-refractivity contribution in [2.75, 3.05) is 26.9 Å². The third-order valence-corrected chi connectivity index (χ3v) is 4.04. The number of carbonyl (C=O) groups is 1. The molecular formula is C14H18Cl2N2O3. The minimum absolute atomic E-state index is 0.210. The van der Waals surface area contributed by atoms with Gasteiger partial charge >= 0.3 is 5.97 Å². The summed E-state index contributed by atoms with van der Waals surface area (Å²) in [4.78, 5) is 17.9. The van der Waals surface area contributed by atoms with Gasteiger partial charge in [0.2, 0.25) is 0 Å². The molecule has 0 radical (unpaired) electrons. The summed E-state index contributed by atoms with van der Waals surface area (Å²) in [5.41, 5.74) is 0.705. The maximum atomic E-state index is 11.6. The molecule has 1 aliphatic heterocycles. The van der Waals surface area contributed by atoms with Crippen LogP contribution in [0.15, 0.2) is 12.3 Å². The first-order valence-corrected chi connectivity index (χ1v) is 7.54. The van der Waals surface area contributed by atoms with E-state index in [4.69, 9.17) is 32.7 Å². The Bertz CT molecular complexity index is 493. The molecule has 0 bridgehead atoms. The van der Waals surface area contributed by atoms with Crippen LogP contribution in [0.5, 0.6) is 0 Å². The van der Waals surface area contributed by atoms with E-state index >= 15 is 0 Å². The molecule has 0 aliphatic carbocycles. The zero-order chi connectivity index (χ0) is 15.2. The summed E-state index contributed by atoms with van der Waals surface area (Å²) in [5.74, 6) is -0.272. The molecule has 0 aromatic carbocycles. The summed E-state index contributed by atoms with van der Waals surface area (Å²) in [6.45, 7) is 2.09. The molecule has 1 fully saturated rings. The van der Waals surface area contributed by atoms with Crippen molar-refractivity contribution in [1.29, 1.82) is 0 Å². The van der Waals surface area contributed by atoms with Crippen LogP contribution >= 0.6 is 23.2 Å². The second-order valence-corrected chi connectivity index (χ2v) is 5.75. The monoisotopic (exact) mass is 332 g/mol. The number of ether oxygens (including phenoxy) is 2. The van der Waals surface area contributed by atoms with E-state index in [-0.39, 0.29) is 18.6 Å². The van der Waals surface area contributed by atoms with Crippen LogP contribution < -0.4 is 0 Å². The maximum absolute atomic E-state index is 11.6. The molecule has 0 atom stereocenters. The molecule has 116 valence electrons. The van der Waals surface area contributed by atoms with Crippen LogP contribution in [-0.4, -0.2) is 48.8 Å². The normalized spacial score (nSPS) is 16.2. The number of carbonyl (C=O) groups excluding carboxylic acids is 1. The quantitative estimate of drug-likeness (QED) is 0.775. The molecule has 0 unspecified atom stereocenters. The second-order valence-electron chi connectivity index (χ2n) is 4.91. The standard InChI is InChI=1S/C14H18Cl2N2O3/c1-20-14(19)9-18(11-2-4-21-5-3-11)8-13-12(16)6-10(15)7-17-13/h6-7,11H,2-5,8-9H2,1H3. The molecule has 7 heteroatoms. The third-order valence-electron chi connectivity index (χ3n) is 3.50. The van der Waals surface area contributed by atoms with Gasteiger partial charge in [0, 0.05) is 32.0 Å². The maximum Gasteiger partial charge on any atom is 0.319 e. The zero-order valence-electron chi connectivity index (χ0n) is 11.8. The summed E-state index contributed by atoms with van der Waals surface area (Å²) >= 11 is 12.0. The van der Waals surface area contributed by atoms with Gasteiger partial charge in [-0.2, -0.15) is 0 Å². The highest BCUT2D eigenvalue weighted by Gasteiger charge is 2.25. The fourth-order valence-corrected chi connectivity index (χ4v) is 2.79. The average molecular weight is 333 g/mol. The van der Waals surface area contributed by atoms with E-state index in [0.29, 0.717) is 35.5 Å². The van der Waals surface area contributed by atoms with Crippen molar-refractivity contribution in [3.63, 3.8) is 0 Å². The Morgan fingerprint density at radius 1 is 1.48 bits per heavy atom. The zero-order valence-corrected chi connectivity index (χ0v) is 13.4. The van der Waals surface area contributed by atoms with E-state index < -0.39 is 0 Å². The highest BCUT2D eigenvalue weighted by Crippen LogP contribution is 2.22. The lowest BCUT2D eigenvalue weighted by atomic mass is 10.1. The lowest BCUT2D eigenvalue weighted by molar-refractivity contribution is -0.143. The minimum atomic E-state index is -0.272. The summed E-state index contributed by atoms with van der Waals surface area (Å²) < 4.78 is 10.1. The van der Waals surface area contributed by atoms with Gasteiger partial charge in [-0.15, -0.1) is 0 Å². The summed E-state index contributed by atoms with van der Waals surface area (Å²) in [6, 6.07) is 1.91. The van der Waals surface area contributed by atoms with Crippen molar-refractivity contribution in [3.8, 4) is 0 Å². The molecule has 1 aromatic rings. The number of esters is 1. The van der Waals surface area contributed by atoms with Crippen LogP contribution in [0.1, 0.15) is 18.5 Å². The highest BCUT2D eigenvalue weighted by molar-refractivity contribution is 6.34. The Morgan fingerprint density at radius 2 is 2.19 bits per heavy atom. The van der Waals surface area contributed by atoms with Crippen molar-refractivity contribution in [2.45, 2.75) is 25.4 Å². The van der Waals surface area contributed by atoms with Crippen molar-refractivity contribution in [3.05, 3.63) is 28.0 Å². The summed E-state index contributed by atoms with van der Waals surface area (Å²) in [6.07, 6.45) is 3.31. The molecule has 1 aliphatic rings. The van der Waals surface area contributed by atoms with Crippen LogP contribution in [0.25, 0.3) is 0 Å². The van der Waals surface area contributed by atoms with Crippen molar-refractivity contribution in [1.82, 2.24) is 9.88 Å². The smallest absolute Gasteiger partial charge is 0.319 e.